The molecule has 3 heteroatoms. The molecule has 4 rings (SSSR count). The van der Waals surface area contributed by atoms with Gasteiger partial charge in [-0.05, 0) is 36.6 Å². The third kappa shape index (κ3) is 2.26. The van der Waals surface area contributed by atoms with Gasteiger partial charge in [0.2, 0.25) is 0 Å². The third-order valence-electron chi connectivity index (χ3n) is 4.83. The summed E-state index contributed by atoms with van der Waals surface area (Å²) in [6.45, 7) is 0.847. The summed E-state index contributed by atoms with van der Waals surface area (Å²) in [5, 5.41) is 3.73. The van der Waals surface area contributed by atoms with Crippen molar-refractivity contribution in [2.45, 2.75) is 25.0 Å². The number of hydrogen-bond acceptors (Lipinski definition) is 3. The third-order valence-corrected chi connectivity index (χ3v) is 4.83. The fraction of sp³-hybridized carbons (Fsp3) is 0.368. The fourth-order valence-corrected chi connectivity index (χ4v) is 3.77. The van der Waals surface area contributed by atoms with Gasteiger partial charge in [0.1, 0.15) is 5.75 Å². The Kier molecular flexibility index (Phi) is 3.51. The number of hydrogen-bond donors (Lipinski definition) is 1. The van der Waals surface area contributed by atoms with Crippen LogP contribution in [0.2, 0.25) is 0 Å². The maximum Gasteiger partial charge on any atom is 0.119 e. The zero-order chi connectivity index (χ0) is 14.9. The summed E-state index contributed by atoms with van der Waals surface area (Å²) in [5.74, 6) is 1.36. The first-order valence-corrected chi connectivity index (χ1v) is 7.98. The second-order valence-electron chi connectivity index (χ2n) is 6.08. The SMILES string of the molecule is COc1ccc2c(c1)[C@H]1OCCC[C@H]1[C@@H](c1ccccc1)N2. The molecule has 114 valence electrons. The van der Waals surface area contributed by atoms with Crippen LogP contribution < -0.4 is 10.1 Å². The Bertz CT molecular complexity index is 656. The van der Waals surface area contributed by atoms with Gasteiger partial charge in [-0.1, -0.05) is 30.3 Å². The van der Waals surface area contributed by atoms with Gasteiger partial charge in [-0.3, -0.25) is 0 Å². The molecule has 1 saturated heterocycles. The quantitative estimate of drug-likeness (QED) is 0.894. The average Bonchev–Trinajstić information content (AvgIpc) is 2.61. The Hall–Kier alpha value is -2.00. The standard InChI is InChI=1S/C19H21NO2/c1-21-14-9-10-17-16(12-14)19-15(8-5-11-22-19)18(20-17)13-6-3-2-4-7-13/h2-4,6-7,9-10,12,15,18-20H,5,8,11H2,1H3/t15-,18+,19-/m0/s1. The van der Waals surface area contributed by atoms with Crippen LogP contribution in [0.3, 0.4) is 0 Å². The van der Waals surface area contributed by atoms with E-state index >= 15 is 0 Å². The molecule has 0 amide bonds. The Balaban J connectivity index is 1.77. The first-order chi connectivity index (χ1) is 10.9. The number of benzene rings is 2. The van der Waals surface area contributed by atoms with Crippen LogP contribution in [0.1, 0.15) is 36.1 Å². The van der Waals surface area contributed by atoms with Crippen molar-refractivity contribution in [2.24, 2.45) is 5.92 Å². The maximum absolute atomic E-state index is 6.16. The Morgan fingerprint density at radius 2 is 2.00 bits per heavy atom. The molecule has 0 bridgehead atoms. The smallest absolute Gasteiger partial charge is 0.119 e. The van der Waals surface area contributed by atoms with Crippen molar-refractivity contribution in [3.8, 4) is 5.75 Å². The summed E-state index contributed by atoms with van der Waals surface area (Å²) in [6, 6.07) is 17.3. The number of anilines is 1. The monoisotopic (exact) mass is 295 g/mol. The van der Waals surface area contributed by atoms with Crippen LogP contribution in [-0.2, 0) is 4.74 Å². The van der Waals surface area contributed by atoms with E-state index in [0.29, 0.717) is 12.0 Å². The van der Waals surface area contributed by atoms with Gasteiger partial charge >= 0.3 is 0 Å². The minimum absolute atomic E-state index is 0.158. The van der Waals surface area contributed by atoms with Gasteiger partial charge in [0, 0.05) is 23.8 Å². The summed E-state index contributed by atoms with van der Waals surface area (Å²) in [6.07, 6.45) is 2.48. The highest BCUT2D eigenvalue weighted by molar-refractivity contribution is 5.59. The van der Waals surface area contributed by atoms with E-state index in [1.165, 1.54) is 17.5 Å². The average molecular weight is 295 g/mol. The minimum atomic E-state index is 0.158. The van der Waals surface area contributed by atoms with E-state index in [1.807, 2.05) is 6.07 Å². The van der Waals surface area contributed by atoms with Crippen LogP contribution in [0.4, 0.5) is 5.69 Å². The molecule has 22 heavy (non-hydrogen) atoms. The fourth-order valence-electron chi connectivity index (χ4n) is 3.77. The lowest BCUT2D eigenvalue weighted by Crippen LogP contribution is -2.35. The highest BCUT2D eigenvalue weighted by atomic mass is 16.5. The Morgan fingerprint density at radius 3 is 2.82 bits per heavy atom. The number of fused-ring (bicyclic) bond motifs is 3. The lowest BCUT2D eigenvalue weighted by molar-refractivity contribution is -0.0382. The summed E-state index contributed by atoms with van der Waals surface area (Å²) in [7, 11) is 1.71. The first-order valence-electron chi connectivity index (χ1n) is 7.98. The van der Waals surface area contributed by atoms with Crippen molar-refractivity contribution in [2.75, 3.05) is 19.0 Å². The highest BCUT2D eigenvalue weighted by Crippen LogP contribution is 2.49. The normalized spacial score (nSPS) is 26.5. The number of ether oxygens (including phenoxy) is 2. The maximum atomic E-state index is 6.16. The lowest BCUT2D eigenvalue weighted by Gasteiger charge is -2.43. The summed E-state index contributed by atoms with van der Waals surface area (Å²) >= 11 is 0. The van der Waals surface area contributed by atoms with Crippen molar-refractivity contribution >= 4 is 5.69 Å². The van der Waals surface area contributed by atoms with E-state index < -0.39 is 0 Å². The van der Waals surface area contributed by atoms with Crippen LogP contribution in [0.25, 0.3) is 0 Å². The number of rotatable bonds is 2. The molecular weight excluding hydrogens is 274 g/mol. The van der Waals surface area contributed by atoms with Crippen molar-refractivity contribution < 1.29 is 9.47 Å². The Labute approximate surface area is 131 Å². The molecule has 1 fully saturated rings. The summed E-state index contributed by atoms with van der Waals surface area (Å²) in [4.78, 5) is 0. The molecule has 0 unspecified atom stereocenters. The van der Waals surface area contributed by atoms with E-state index in [4.69, 9.17) is 9.47 Å². The summed E-state index contributed by atoms with van der Waals surface area (Å²) < 4.78 is 11.6. The van der Waals surface area contributed by atoms with E-state index in [-0.39, 0.29) is 6.10 Å². The second kappa shape index (κ2) is 5.65. The van der Waals surface area contributed by atoms with E-state index in [1.54, 1.807) is 7.11 Å². The molecule has 2 aliphatic heterocycles. The lowest BCUT2D eigenvalue weighted by atomic mass is 9.77. The van der Waals surface area contributed by atoms with Gasteiger partial charge in [0.25, 0.3) is 0 Å². The van der Waals surface area contributed by atoms with Crippen LogP contribution in [-0.4, -0.2) is 13.7 Å². The molecule has 1 N–H and O–H groups in total. The predicted octanol–water partition coefficient (Wildman–Crippen LogP) is 4.33. The van der Waals surface area contributed by atoms with E-state index in [0.717, 1.165) is 24.5 Å². The molecule has 2 aliphatic rings. The van der Waals surface area contributed by atoms with Gasteiger partial charge in [0.15, 0.2) is 0 Å². The van der Waals surface area contributed by atoms with Gasteiger partial charge in [-0.25, -0.2) is 0 Å². The molecule has 0 spiro atoms. The first kappa shape index (κ1) is 13.6. The van der Waals surface area contributed by atoms with Crippen LogP contribution in [0.5, 0.6) is 5.75 Å². The second-order valence-corrected chi connectivity index (χ2v) is 6.08. The van der Waals surface area contributed by atoms with Crippen molar-refractivity contribution in [3.63, 3.8) is 0 Å². The molecule has 2 aromatic carbocycles. The zero-order valence-corrected chi connectivity index (χ0v) is 12.8. The predicted molar refractivity (Wildman–Crippen MR) is 87.2 cm³/mol. The number of nitrogens with one attached hydrogen (secondary N) is 1. The zero-order valence-electron chi connectivity index (χ0n) is 12.8. The van der Waals surface area contributed by atoms with Crippen molar-refractivity contribution in [1.82, 2.24) is 0 Å². The largest absolute Gasteiger partial charge is 0.497 e. The molecule has 0 aromatic heterocycles. The molecule has 0 saturated carbocycles. The number of methoxy groups -OCH3 is 1. The molecular formula is C19H21NO2. The van der Waals surface area contributed by atoms with Gasteiger partial charge in [-0.2, -0.15) is 0 Å². The van der Waals surface area contributed by atoms with Gasteiger partial charge in [0.05, 0.1) is 19.3 Å². The Morgan fingerprint density at radius 1 is 1.14 bits per heavy atom. The topological polar surface area (TPSA) is 30.5 Å². The molecule has 2 heterocycles. The summed E-state index contributed by atoms with van der Waals surface area (Å²) in [5.41, 5.74) is 3.73. The van der Waals surface area contributed by atoms with E-state index in [2.05, 4.69) is 47.8 Å². The van der Waals surface area contributed by atoms with Crippen molar-refractivity contribution in [1.29, 1.82) is 0 Å². The minimum Gasteiger partial charge on any atom is -0.497 e. The van der Waals surface area contributed by atoms with E-state index in [9.17, 15) is 0 Å². The van der Waals surface area contributed by atoms with Crippen molar-refractivity contribution in [3.05, 3.63) is 59.7 Å². The highest BCUT2D eigenvalue weighted by Gasteiger charge is 2.39. The van der Waals surface area contributed by atoms with Crippen LogP contribution >= 0.6 is 0 Å². The van der Waals surface area contributed by atoms with Crippen LogP contribution in [0, 0.1) is 5.92 Å². The molecule has 0 radical (unpaired) electrons. The molecule has 3 nitrogen and oxygen atoms in total. The van der Waals surface area contributed by atoms with Gasteiger partial charge in [-0.15, -0.1) is 0 Å². The van der Waals surface area contributed by atoms with Crippen LogP contribution in [0.15, 0.2) is 48.5 Å². The molecule has 0 aliphatic carbocycles. The molecule has 3 atom stereocenters. The van der Waals surface area contributed by atoms with Gasteiger partial charge < -0.3 is 14.8 Å². The molecule has 2 aromatic rings.